The van der Waals surface area contributed by atoms with Crippen molar-refractivity contribution < 1.29 is 4.74 Å². The average Bonchev–Trinajstić information content (AvgIpc) is 3.11. The average molecular weight is 352 g/mol. The van der Waals surface area contributed by atoms with Crippen LogP contribution in [-0.4, -0.2) is 52.9 Å². The second-order valence-electron chi connectivity index (χ2n) is 7.26. The first-order chi connectivity index (χ1) is 12.7. The van der Waals surface area contributed by atoms with Crippen molar-refractivity contribution >= 4 is 0 Å². The number of H-pyrrole nitrogens is 1. The van der Waals surface area contributed by atoms with Crippen molar-refractivity contribution in [3.63, 3.8) is 0 Å². The zero-order valence-corrected chi connectivity index (χ0v) is 15.0. The van der Waals surface area contributed by atoms with Crippen LogP contribution in [0.15, 0.2) is 30.3 Å². The number of likely N-dealkylation sites (N-methyl/N-ethyl adjacent to an activating group) is 1. The summed E-state index contributed by atoms with van der Waals surface area (Å²) < 4.78 is 5.54. The van der Waals surface area contributed by atoms with Gasteiger partial charge in [-0.25, -0.2) is 4.98 Å². The van der Waals surface area contributed by atoms with Crippen molar-refractivity contribution in [3.8, 4) is 6.07 Å². The molecule has 1 aliphatic carbocycles. The van der Waals surface area contributed by atoms with Crippen molar-refractivity contribution in [2.75, 3.05) is 26.8 Å². The lowest BCUT2D eigenvalue weighted by molar-refractivity contribution is 0.00193. The van der Waals surface area contributed by atoms with Crippen LogP contribution in [0.3, 0.4) is 0 Å². The van der Waals surface area contributed by atoms with Crippen molar-refractivity contribution in [2.45, 2.75) is 36.9 Å². The number of hydrogen-bond donors (Lipinski definition) is 2. The lowest BCUT2D eigenvalue weighted by atomic mass is 9.62. The van der Waals surface area contributed by atoms with Crippen LogP contribution in [0, 0.1) is 11.3 Å². The van der Waals surface area contributed by atoms with Crippen molar-refractivity contribution in [2.24, 2.45) is 0 Å². The zero-order chi connectivity index (χ0) is 18.0. The Morgan fingerprint density at radius 3 is 2.92 bits per heavy atom. The first kappa shape index (κ1) is 17.2. The van der Waals surface area contributed by atoms with E-state index in [4.69, 9.17) is 4.74 Å². The smallest absolute Gasteiger partial charge is 0.170 e. The first-order valence-electron chi connectivity index (χ1n) is 9.09. The highest BCUT2D eigenvalue weighted by molar-refractivity contribution is 5.36. The summed E-state index contributed by atoms with van der Waals surface area (Å²) in [4.78, 5) is 6.83. The number of aromatic amines is 1. The predicted octanol–water partition coefficient (Wildman–Crippen LogP) is 1.52. The Labute approximate surface area is 153 Å². The third-order valence-corrected chi connectivity index (χ3v) is 5.53. The molecule has 1 aromatic carbocycles. The first-order valence-corrected chi connectivity index (χ1v) is 9.09. The Hall–Kier alpha value is -2.27. The summed E-state index contributed by atoms with van der Waals surface area (Å²) in [6.45, 7) is 2.91. The second-order valence-corrected chi connectivity index (χ2v) is 7.26. The topological polar surface area (TPSA) is 89.9 Å². The third kappa shape index (κ3) is 3.23. The molecule has 2 aliphatic rings. The molecule has 1 saturated heterocycles. The molecule has 1 saturated carbocycles. The number of benzene rings is 1. The summed E-state index contributed by atoms with van der Waals surface area (Å²) in [5.74, 6) is 1.61. The molecule has 2 N–H and O–H groups in total. The summed E-state index contributed by atoms with van der Waals surface area (Å²) >= 11 is 0. The van der Waals surface area contributed by atoms with Gasteiger partial charge in [-0.05, 0) is 25.5 Å². The minimum absolute atomic E-state index is 0.113. The fourth-order valence-electron chi connectivity index (χ4n) is 3.81. The monoisotopic (exact) mass is 352 g/mol. The molecule has 2 heterocycles. The molecule has 0 bridgehead atoms. The maximum absolute atomic E-state index is 9.64. The molecule has 0 spiro atoms. The van der Waals surface area contributed by atoms with Crippen molar-refractivity contribution in [1.82, 2.24) is 25.4 Å². The van der Waals surface area contributed by atoms with Gasteiger partial charge in [0.2, 0.25) is 0 Å². The highest BCUT2D eigenvalue weighted by Crippen LogP contribution is 2.43. The maximum Gasteiger partial charge on any atom is 0.170 e. The largest absolute Gasteiger partial charge is 0.378 e. The third-order valence-electron chi connectivity index (χ3n) is 5.53. The highest BCUT2D eigenvalue weighted by Gasteiger charge is 2.45. The van der Waals surface area contributed by atoms with Gasteiger partial charge in [-0.2, -0.15) is 10.4 Å². The standard InChI is InChI=1S/C19H24N6O/c1-25-7-8-26-12-16(25)18-22-17(23-24-18)11-21-15-9-19(10-15,13-20)14-5-3-2-4-6-14/h2-6,15-16,21H,7-12H2,1H3,(H,22,23,24). The number of aromatic nitrogens is 3. The SMILES string of the molecule is CN1CCOCC1c1n[nH]c(CNC2CC(C#N)(c3ccccc3)C2)n1. The summed E-state index contributed by atoms with van der Waals surface area (Å²) in [6, 6.07) is 13.0. The Morgan fingerprint density at radius 1 is 1.38 bits per heavy atom. The normalized spacial score (nSPS) is 29.1. The quantitative estimate of drug-likeness (QED) is 0.848. The fourth-order valence-corrected chi connectivity index (χ4v) is 3.81. The molecule has 1 aromatic heterocycles. The van der Waals surface area contributed by atoms with E-state index >= 15 is 0 Å². The van der Waals surface area contributed by atoms with Gasteiger partial charge in [-0.15, -0.1) is 0 Å². The molecule has 7 heteroatoms. The molecule has 1 aliphatic heterocycles. The van der Waals surface area contributed by atoms with Gasteiger partial charge in [0.15, 0.2) is 5.82 Å². The van der Waals surface area contributed by atoms with Gasteiger partial charge in [0.05, 0.1) is 37.3 Å². The van der Waals surface area contributed by atoms with E-state index in [0.717, 1.165) is 43.2 Å². The van der Waals surface area contributed by atoms with E-state index in [9.17, 15) is 5.26 Å². The van der Waals surface area contributed by atoms with Gasteiger partial charge in [0.25, 0.3) is 0 Å². The van der Waals surface area contributed by atoms with Gasteiger partial charge in [0, 0.05) is 12.6 Å². The maximum atomic E-state index is 9.64. The molecule has 0 radical (unpaired) electrons. The number of ether oxygens (including phenoxy) is 1. The van der Waals surface area contributed by atoms with E-state index < -0.39 is 0 Å². The number of nitrogens with zero attached hydrogens (tertiary/aromatic N) is 4. The highest BCUT2D eigenvalue weighted by atomic mass is 16.5. The number of nitrogens with one attached hydrogen (secondary N) is 2. The van der Waals surface area contributed by atoms with Crippen LogP contribution in [0.4, 0.5) is 0 Å². The van der Waals surface area contributed by atoms with Crippen LogP contribution in [0.2, 0.25) is 0 Å². The van der Waals surface area contributed by atoms with Crippen LogP contribution in [0.1, 0.15) is 36.1 Å². The number of nitriles is 1. The van der Waals surface area contributed by atoms with Crippen LogP contribution >= 0.6 is 0 Å². The molecular formula is C19H24N6O. The van der Waals surface area contributed by atoms with Crippen LogP contribution in [0.25, 0.3) is 0 Å². The van der Waals surface area contributed by atoms with Crippen molar-refractivity contribution in [1.29, 1.82) is 5.26 Å². The minimum atomic E-state index is -0.354. The van der Waals surface area contributed by atoms with E-state index in [1.165, 1.54) is 0 Å². The van der Waals surface area contributed by atoms with E-state index in [1.54, 1.807) is 0 Å². The summed E-state index contributed by atoms with van der Waals surface area (Å²) in [5.41, 5.74) is 0.760. The van der Waals surface area contributed by atoms with Gasteiger partial charge in [0.1, 0.15) is 5.82 Å². The molecule has 7 nitrogen and oxygen atoms in total. The Morgan fingerprint density at radius 2 is 2.19 bits per heavy atom. The molecule has 26 heavy (non-hydrogen) atoms. The second kappa shape index (κ2) is 7.16. The number of hydrogen-bond acceptors (Lipinski definition) is 6. The van der Waals surface area contributed by atoms with Crippen LogP contribution in [-0.2, 0) is 16.7 Å². The molecule has 1 atom stereocenters. The lowest BCUT2D eigenvalue weighted by Gasteiger charge is -2.43. The van der Waals surface area contributed by atoms with Gasteiger partial charge in [-0.1, -0.05) is 30.3 Å². The fraction of sp³-hybridized carbons (Fsp3) is 0.526. The van der Waals surface area contributed by atoms with Gasteiger partial charge >= 0.3 is 0 Å². The Kier molecular flexibility index (Phi) is 4.72. The summed E-state index contributed by atoms with van der Waals surface area (Å²) in [5, 5.41) is 20.5. The zero-order valence-electron chi connectivity index (χ0n) is 15.0. The number of rotatable bonds is 5. The van der Waals surface area contributed by atoms with E-state index in [-0.39, 0.29) is 11.5 Å². The van der Waals surface area contributed by atoms with E-state index in [1.807, 2.05) is 30.3 Å². The predicted molar refractivity (Wildman–Crippen MR) is 96.2 cm³/mol. The van der Waals surface area contributed by atoms with E-state index in [0.29, 0.717) is 19.2 Å². The molecule has 0 amide bonds. The molecule has 2 aromatic rings. The molecule has 1 unspecified atom stereocenters. The van der Waals surface area contributed by atoms with E-state index in [2.05, 4.69) is 38.5 Å². The molecule has 4 rings (SSSR count). The Bertz CT molecular complexity index is 777. The lowest BCUT2D eigenvalue weighted by Crippen LogP contribution is -2.50. The van der Waals surface area contributed by atoms with Gasteiger partial charge < -0.3 is 10.1 Å². The van der Waals surface area contributed by atoms with Crippen molar-refractivity contribution in [3.05, 3.63) is 47.5 Å². The Balaban J connectivity index is 1.32. The molecule has 136 valence electrons. The summed E-state index contributed by atoms with van der Waals surface area (Å²) in [7, 11) is 2.07. The van der Waals surface area contributed by atoms with Crippen LogP contribution < -0.4 is 5.32 Å². The molecule has 2 fully saturated rings. The van der Waals surface area contributed by atoms with Gasteiger partial charge in [-0.3, -0.25) is 10.00 Å². The number of morpholine rings is 1. The molecular weight excluding hydrogens is 328 g/mol. The summed E-state index contributed by atoms with van der Waals surface area (Å²) in [6.07, 6.45) is 1.65. The van der Waals surface area contributed by atoms with Crippen LogP contribution in [0.5, 0.6) is 0 Å². The minimum Gasteiger partial charge on any atom is -0.378 e.